The van der Waals surface area contributed by atoms with E-state index in [0.717, 1.165) is 11.3 Å². The molecule has 1 N–H and O–H groups in total. The van der Waals surface area contributed by atoms with Gasteiger partial charge in [-0.25, -0.2) is 9.78 Å². The first-order valence-corrected chi connectivity index (χ1v) is 8.16. The number of rotatable bonds is 4. The normalized spacial score (nSPS) is 10.8. The van der Waals surface area contributed by atoms with Gasteiger partial charge in [0.1, 0.15) is 15.6 Å². The lowest BCUT2D eigenvalue weighted by Gasteiger charge is -2.08. The first kappa shape index (κ1) is 15.4. The summed E-state index contributed by atoms with van der Waals surface area (Å²) in [5.74, 6) is -0.401. The van der Waals surface area contributed by atoms with E-state index in [0.29, 0.717) is 38.7 Å². The Morgan fingerprint density at radius 2 is 2.16 bits per heavy atom. The van der Waals surface area contributed by atoms with Gasteiger partial charge in [-0.15, -0.1) is 11.3 Å². The van der Waals surface area contributed by atoms with Crippen molar-refractivity contribution in [3.8, 4) is 33.5 Å². The Balaban J connectivity index is 2.15. The summed E-state index contributed by atoms with van der Waals surface area (Å²) in [4.78, 5) is 15.7. The average Bonchev–Trinajstić information content (AvgIpc) is 3.03. The number of thiazole rings is 1. The highest BCUT2D eigenvalue weighted by molar-refractivity contribution is 7.17. The predicted octanol–water partition coefficient (Wildman–Crippen LogP) is 4.36. The molecule has 3 rings (SSSR count). The monoisotopic (exact) mass is 351 g/mol. The molecule has 124 valence electrons. The summed E-state index contributed by atoms with van der Waals surface area (Å²) in [7, 11) is 1.56. The summed E-state index contributed by atoms with van der Waals surface area (Å²) in [6.45, 7) is 1.63. The number of methoxy groups -OCH3 is 1. The third-order valence-electron chi connectivity index (χ3n) is 3.66. The lowest BCUT2D eigenvalue weighted by Crippen LogP contribution is -1.94. The lowest BCUT2D eigenvalue weighted by molar-refractivity contribution is 0.0701. The van der Waals surface area contributed by atoms with Gasteiger partial charge in [0.15, 0.2) is 0 Å². The summed E-state index contributed by atoms with van der Waals surface area (Å²) >= 11 is 1.03. The highest BCUT2D eigenvalue weighted by atomic mass is 32.1. The van der Waals surface area contributed by atoms with Crippen LogP contribution in [0.5, 0.6) is 5.75 Å². The summed E-state index contributed by atoms with van der Waals surface area (Å²) < 4.78 is 13.6. The van der Waals surface area contributed by atoms with E-state index in [1.165, 1.54) is 0 Å². The molecule has 0 radical (unpaired) electrons. The van der Waals surface area contributed by atoms with Gasteiger partial charge in [-0.1, -0.05) is 24.2 Å². The number of carboxylic acid groups (broad SMARTS) is 1. The molecule has 0 unspecified atom stereocenters. The molecule has 6 heteroatoms. The maximum Gasteiger partial charge on any atom is 0.347 e. The summed E-state index contributed by atoms with van der Waals surface area (Å²) in [5.41, 5.74) is 2.50. The quantitative estimate of drug-likeness (QED) is 0.755. The minimum atomic E-state index is -1.04. The average molecular weight is 351 g/mol. The highest BCUT2D eigenvalue weighted by Gasteiger charge is 2.16. The van der Waals surface area contributed by atoms with Crippen LogP contribution < -0.4 is 4.74 Å². The Labute approximate surface area is 150 Å². The lowest BCUT2D eigenvalue weighted by atomic mass is 9.98. The molecule has 0 aliphatic carbocycles. The van der Waals surface area contributed by atoms with Crippen LogP contribution in [0, 0.1) is 18.3 Å². The second-order valence-electron chi connectivity index (χ2n) is 5.26. The number of carbonyl (C=O) groups is 1. The van der Waals surface area contributed by atoms with E-state index in [1.807, 2.05) is 6.07 Å². The topological polar surface area (TPSA) is 83.2 Å². The van der Waals surface area contributed by atoms with E-state index in [1.54, 1.807) is 44.4 Å². The molecule has 2 aromatic carbocycles. The fraction of sp³-hybridized carbons (Fsp3) is 0.105. The van der Waals surface area contributed by atoms with E-state index >= 15 is 0 Å². The third-order valence-corrected chi connectivity index (χ3v) is 4.85. The summed E-state index contributed by atoms with van der Waals surface area (Å²) in [6.07, 6.45) is 0. The molecule has 0 aliphatic heterocycles. The van der Waals surface area contributed by atoms with Crippen LogP contribution in [-0.2, 0) is 0 Å². The molecule has 0 bridgehead atoms. The van der Waals surface area contributed by atoms with Gasteiger partial charge in [0, 0.05) is 5.56 Å². The van der Waals surface area contributed by atoms with Crippen molar-refractivity contribution in [1.82, 2.24) is 4.98 Å². The van der Waals surface area contributed by atoms with Gasteiger partial charge in [0.25, 0.3) is 0 Å². The van der Waals surface area contributed by atoms with E-state index in [9.17, 15) is 15.2 Å². The number of aromatic nitrogens is 1. The number of nitriles is 1. The van der Waals surface area contributed by atoms with Crippen LogP contribution in [0.3, 0.4) is 0 Å². The van der Waals surface area contributed by atoms with Gasteiger partial charge in [-0.05, 0) is 36.2 Å². The smallest absolute Gasteiger partial charge is 0.347 e. The van der Waals surface area contributed by atoms with Gasteiger partial charge < -0.3 is 9.84 Å². The third kappa shape index (κ3) is 3.23. The van der Waals surface area contributed by atoms with Crippen molar-refractivity contribution in [1.29, 1.82) is 5.26 Å². The van der Waals surface area contributed by atoms with Crippen molar-refractivity contribution >= 4 is 17.3 Å². The number of hydrogen-bond donors (Lipinski definition) is 1. The molecule has 0 fully saturated rings. The van der Waals surface area contributed by atoms with Crippen LogP contribution in [-0.4, -0.2) is 23.2 Å². The molecule has 1 aromatic heterocycles. The number of benzene rings is 2. The molecule has 0 saturated heterocycles. The van der Waals surface area contributed by atoms with Crippen LogP contribution in [0.1, 0.15) is 22.3 Å². The van der Waals surface area contributed by atoms with E-state index in [2.05, 4.69) is 11.1 Å². The SMILES string of the molecule is [2H]c1cc(-c2nc(C)c(C(=O)O)s2)cc(C#N)c1-c1cccc(OC)c1. The molecule has 0 spiro atoms. The fourth-order valence-corrected chi connectivity index (χ4v) is 3.34. The Hall–Kier alpha value is -3.17. The Bertz CT molecular complexity index is 1050. The molecule has 3 aromatic rings. The number of carboxylic acids is 1. The first-order chi connectivity index (χ1) is 12.4. The highest BCUT2D eigenvalue weighted by Crippen LogP contribution is 2.33. The number of aromatic carboxylic acids is 1. The molecule has 5 nitrogen and oxygen atoms in total. The Morgan fingerprint density at radius 3 is 2.80 bits per heavy atom. The van der Waals surface area contributed by atoms with Crippen LogP contribution >= 0.6 is 11.3 Å². The number of aryl methyl sites for hydroxylation is 1. The largest absolute Gasteiger partial charge is 0.497 e. The van der Waals surface area contributed by atoms with Gasteiger partial charge >= 0.3 is 5.97 Å². The Kier molecular flexibility index (Phi) is 4.15. The van der Waals surface area contributed by atoms with Gasteiger partial charge in [0.2, 0.25) is 0 Å². The standard InChI is InChI=1S/C19H14N2O3S/c1-11-17(19(22)23)25-18(21-11)13-6-7-16(14(8-13)10-20)12-4-3-5-15(9-12)24-2/h3-9H,1-2H3,(H,22,23)/i7D. The molecular formula is C19H14N2O3S. The zero-order valence-electron chi connectivity index (χ0n) is 14.5. The van der Waals surface area contributed by atoms with Crippen molar-refractivity contribution in [3.05, 3.63) is 58.6 Å². The Morgan fingerprint density at radius 1 is 1.36 bits per heavy atom. The van der Waals surface area contributed by atoms with Crippen molar-refractivity contribution < 1.29 is 16.0 Å². The van der Waals surface area contributed by atoms with E-state index < -0.39 is 5.97 Å². The van der Waals surface area contributed by atoms with E-state index in [4.69, 9.17) is 6.11 Å². The van der Waals surface area contributed by atoms with Crippen molar-refractivity contribution in [2.75, 3.05) is 7.11 Å². The van der Waals surface area contributed by atoms with Gasteiger partial charge in [-0.2, -0.15) is 5.26 Å². The molecule has 1 heterocycles. The van der Waals surface area contributed by atoms with Gasteiger partial charge in [-0.3, -0.25) is 0 Å². The molecular weight excluding hydrogens is 336 g/mol. The zero-order valence-corrected chi connectivity index (χ0v) is 14.3. The molecule has 0 atom stereocenters. The molecule has 0 aliphatic rings. The zero-order chi connectivity index (χ0) is 18.8. The van der Waals surface area contributed by atoms with Crippen LogP contribution in [0.25, 0.3) is 21.7 Å². The van der Waals surface area contributed by atoms with Gasteiger partial charge in [0.05, 0.1) is 25.8 Å². The van der Waals surface area contributed by atoms with Crippen molar-refractivity contribution in [2.24, 2.45) is 0 Å². The molecule has 25 heavy (non-hydrogen) atoms. The second kappa shape index (κ2) is 6.75. The van der Waals surface area contributed by atoms with Crippen molar-refractivity contribution in [2.45, 2.75) is 6.92 Å². The second-order valence-corrected chi connectivity index (χ2v) is 6.26. The predicted molar refractivity (Wildman–Crippen MR) is 95.9 cm³/mol. The minimum absolute atomic E-state index is 0.155. The number of nitrogens with zero attached hydrogens (tertiary/aromatic N) is 2. The molecule has 0 saturated carbocycles. The summed E-state index contributed by atoms with van der Waals surface area (Å²) in [6, 6.07) is 12.7. The maximum absolute atomic E-state index is 11.2. The first-order valence-electron chi connectivity index (χ1n) is 7.85. The minimum Gasteiger partial charge on any atom is -0.497 e. The summed E-state index contributed by atoms with van der Waals surface area (Å²) in [5, 5.41) is 19.2. The van der Waals surface area contributed by atoms with Crippen LogP contribution in [0.15, 0.2) is 42.4 Å². The maximum atomic E-state index is 11.2. The number of ether oxygens (including phenoxy) is 1. The number of hydrogen-bond acceptors (Lipinski definition) is 5. The van der Waals surface area contributed by atoms with E-state index in [-0.39, 0.29) is 10.9 Å². The fourth-order valence-electron chi connectivity index (χ4n) is 2.44. The van der Waals surface area contributed by atoms with Crippen LogP contribution in [0.2, 0.25) is 0 Å². The molecule has 0 amide bonds. The van der Waals surface area contributed by atoms with Crippen molar-refractivity contribution in [3.63, 3.8) is 0 Å². The van der Waals surface area contributed by atoms with Crippen LogP contribution in [0.4, 0.5) is 0 Å².